The van der Waals surface area contributed by atoms with Gasteiger partial charge in [0.1, 0.15) is 12.4 Å². The van der Waals surface area contributed by atoms with Crippen molar-refractivity contribution in [3.63, 3.8) is 0 Å². The van der Waals surface area contributed by atoms with Gasteiger partial charge in [0.25, 0.3) is 0 Å². The summed E-state index contributed by atoms with van der Waals surface area (Å²) in [5.74, 6) is 0.699. The minimum absolute atomic E-state index is 0. The molecular weight excluding hydrogens is 467 g/mol. The van der Waals surface area contributed by atoms with E-state index in [1.165, 1.54) is 12.4 Å². The molecule has 1 saturated heterocycles. The number of aromatic nitrogens is 2. The van der Waals surface area contributed by atoms with Gasteiger partial charge in [0, 0.05) is 32.0 Å². The summed E-state index contributed by atoms with van der Waals surface area (Å²) in [7, 11) is -3.16. The van der Waals surface area contributed by atoms with E-state index in [0.29, 0.717) is 25.6 Å². The van der Waals surface area contributed by atoms with Crippen LogP contribution in [0.25, 0.3) is 0 Å². The van der Waals surface area contributed by atoms with Crippen LogP contribution in [-0.2, 0) is 16.4 Å². The van der Waals surface area contributed by atoms with E-state index in [2.05, 4.69) is 15.3 Å². The minimum atomic E-state index is -3.16. The zero-order chi connectivity index (χ0) is 18.0. The maximum atomic E-state index is 12.9. The molecule has 0 aliphatic carbocycles. The lowest BCUT2D eigenvalue weighted by molar-refractivity contribution is 0.0671. The smallest absolute Gasteiger partial charge is 0.319 e. The highest BCUT2D eigenvalue weighted by Gasteiger charge is 2.40. The molecule has 25 heavy (non-hydrogen) atoms. The van der Waals surface area contributed by atoms with Crippen LogP contribution < -0.4 is 5.32 Å². The third-order valence-corrected chi connectivity index (χ3v) is 6.54. The summed E-state index contributed by atoms with van der Waals surface area (Å²) in [5.41, 5.74) is 0. The Balaban J connectivity index is 0.00000312. The monoisotopic (exact) mass is 491 g/mol. The molecule has 2 rings (SSSR count). The van der Waals surface area contributed by atoms with E-state index in [-0.39, 0.29) is 42.1 Å². The number of rotatable bonds is 4. The standard InChI is InChI=1S/C14H23F2N5O2S.HI/c1-4-17-13(19-9-11-18-5-6-21(11)12(15)16)20-7-8-24(22,23)14(2,3)10-20;/h5-6,12H,4,7-10H2,1-3H3,(H,17,19);1H. The van der Waals surface area contributed by atoms with E-state index in [1.54, 1.807) is 13.8 Å². The Morgan fingerprint density at radius 2 is 2.16 bits per heavy atom. The van der Waals surface area contributed by atoms with Crippen LogP contribution >= 0.6 is 24.0 Å². The number of alkyl halides is 2. The van der Waals surface area contributed by atoms with Crippen molar-refractivity contribution in [2.75, 3.05) is 25.4 Å². The fourth-order valence-electron chi connectivity index (χ4n) is 2.54. The molecule has 0 unspecified atom stereocenters. The van der Waals surface area contributed by atoms with Gasteiger partial charge in [-0.25, -0.2) is 18.4 Å². The Morgan fingerprint density at radius 3 is 2.72 bits per heavy atom. The summed E-state index contributed by atoms with van der Waals surface area (Å²) in [4.78, 5) is 10.1. The fourth-order valence-corrected chi connectivity index (χ4v) is 3.91. The molecule has 2 heterocycles. The SMILES string of the molecule is CCNC(=NCc1nccn1C(F)F)N1CCS(=O)(=O)C(C)(C)C1.I. The quantitative estimate of drug-likeness (QED) is 0.396. The van der Waals surface area contributed by atoms with Crippen LogP contribution in [0.3, 0.4) is 0 Å². The summed E-state index contributed by atoms with van der Waals surface area (Å²) in [6, 6.07) is 0. The molecule has 1 aliphatic rings. The molecule has 0 atom stereocenters. The first-order valence-corrected chi connectivity index (χ1v) is 9.38. The number of hydrogen-bond acceptors (Lipinski definition) is 4. The van der Waals surface area contributed by atoms with Crippen molar-refractivity contribution >= 4 is 39.8 Å². The predicted octanol–water partition coefficient (Wildman–Crippen LogP) is 1.87. The highest BCUT2D eigenvalue weighted by molar-refractivity contribution is 14.0. The molecule has 1 fully saturated rings. The average Bonchev–Trinajstić information content (AvgIpc) is 2.95. The van der Waals surface area contributed by atoms with Crippen LogP contribution in [0.2, 0.25) is 0 Å². The van der Waals surface area contributed by atoms with E-state index >= 15 is 0 Å². The number of imidazole rings is 1. The van der Waals surface area contributed by atoms with Crippen molar-refractivity contribution in [1.82, 2.24) is 19.8 Å². The fraction of sp³-hybridized carbons (Fsp3) is 0.714. The minimum Gasteiger partial charge on any atom is -0.357 e. The lowest BCUT2D eigenvalue weighted by Gasteiger charge is -2.39. The van der Waals surface area contributed by atoms with Gasteiger partial charge >= 0.3 is 6.55 Å². The van der Waals surface area contributed by atoms with Crippen molar-refractivity contribution in [3.8, 4) is 0 Å². The maximum absolute atomic E-state index is 12.9. The summed E-state index contributed by atoms with van der Waals surface area (Å²) in [5, 5.41) is 3.09. The van der Waals surface area contributed by atoms with Crippen LogP contribution in [0.1, 0.15) is 33.1 Å². The summed E-state index contributed by atoms with van der Waals surface area (Å²) < 4.78 is 49.8. The highest BCUT2D eigenvalue weighted by Crippen LogP contribution is 2.24. The molecule has 1 aliphatic heterocycles. The number of hydrogen-bond donors (Lipinski definition) is 1. The van der Waals surface area contributed by atoms with E-state index in [0.717, 1.165) is 4.57 Å². The van der Waals surface area contributed by atoms with Gasteiger partial charge in [0.05, 0.1) is 10.5 Å². The van der Waals surface area contributed by atoms with Crippen molar-refractivity contribution in [2.24, 2.45) is 4.99 Å². The Labute approximate surface area is 163 Å². The van der Waals surface area contributed by atoms with Crippen molar-refractivity contribution in [2.45, 2.75) is 38.6 Å². The van der Waals surface area contributed by atoms with E-state index in [9.17, 15) is 17.2 Å². The third kappa shape index (κ3) is 5.02. The van der Waals surface area contributed by atoms with Crippen LogP contribution in [-0.4, -0.2) is 59.0 Å². The van der Waals surface area contributed by atoms with Gasteiger partial charge in [0.2, 0.25) is 0 Å². The molecule has 0 amide bonds. The molecule has 0 aromatic carbocycles. The van der Waals surface area contributed by atoms with Crippen molar-refractivity contribution in [3.05, 3.63) is 18.2 Å². The largest absolute Gasteiger partial charge is 0.357 e. The lowest BCUT2D eigenvalue weighted by Crippen LogP contribution is -2.57. The zero-order valence-corrected chi connectivity index (χ0v) is 17.6. The van der Waals surface area contributed by atoms with Gasteiger partial charge < -0.3 is 10.2 Å². The first kappa shape index (κ1) is 22.1. The van der Waals surface area contributed by atoms with Gasteiger partial charge in [-0.2, -0.15) is 8.78 Å². The van der Waals surface area contributed by atoms with Crippen LogP contribution in [0.5, 0.6) is 0 Å². The molecular formula is C14H24F2IN5O2S. The molecule has 1 aromatic rings. The number of halogens is 3. The van der Waals surface area contributed by atoms with Crippen molar-refractivity contribution in [1.29, 1.82) is 0 Å². The van der Waals surface area contributed by atoms with E-state index in [1.807, 2.05) is 11.8 Å². The second-order valence-electron chi connectivity index (χ2n) is 6.20. The van der Waals surface area contributed by atoms with E-state index in [4.69, 9.17) is 0 Å². The number of nitrogens with one attached hydrogen (secondary N) is 1. The van der Waals surface area contributed by atoms with Crippen LogP contribution in [0.15, 0.2) is 17.4 Å². The first-order valence-electron chi connectivity index (χ1n) is 7.73. The van der Waals surface area contributed by atoms with Gasteiger partial charge in [-0.05, 0) is 20.8 Å². The normalized spacial score (nSPS) is 19.6. The summed E-state index contributed by atoms with van der Waals surface area (Å²) >= 11 is 0. The molecule has 7 nitrogen and oxygen atoms in total. The second kappa shape index (κ2) is 8.60. The zero-order valence-electron chi connectivity index (χ0n) is 14.4. The molecule has 144 valence electrons. The van der Waals surface area contributed by atoms with E-state index < -0.39 is 21.1 Å². The molecule has 0 saturated carbocycles. The van der Waals surface area contributed by atoms with Gasteiger partial charge in [-0.3, -0.25) is 4.57 Å². The molecule has 0 radical (unpaired) electrons. The molecule has 1 aromatic heterocycles. The van der Waals surface area contributed by atoms with Gasteiger partial charge in [0.15, 0.2) is 15.8 Å². The van der Waals surface area contributed by atoms with Crippen LogP contribution in [0, 0.1) is 0 Å². The number of sulfone groups is 1. The number of guanidine groups is 1. The molecule has 0 spiro atoms. The molecule has 0 bridgehead atoms. The first-order chi connectivity index (χ1) is 11.2. The molecule has 11 heteroatoms. The average molecular weight is 491 g/mol. The van der Waals surface area contributed by atoms with Gasteiger partial charge in [-0.1, -0.05) is 0 Å². The number of aliphatic imine (C=N–C) groups is 1. The summed E-state index contributed by atoms with van der Waals surface area (Å²) in [6.45, 7) is 3.78. The Hall–Kier alpha value is -0.980. The number of nitrogens with zero attached hydrogens (tertiary/aromatic N) is 4. The Bertz CT molecular complexity index is 706. The topological polar surface area (TPSA) is 79.6 Å². The Kier molecular flexibility index (Phi) is 7.59. The second-order valence-corrected chi connectivity index (χ2v) is 8.94. The Morgan fingerprint density at radius 1 is 1.48 bits per heavy atom. The van der Waals surface area contributed by atoms with Crippen LogP contribution in [0.4, 0.5) is 8.78 Å². The van der Waals surface area contributed by atoms with Crippen molar-refractivity contribution < 1.29 is 17.2 Å². The molecule has 1 N–H and O–H groups in total. The predicted molar refractivity (Wildman–Crippen MR) is 103 cm³/mol. The highest BCUT2D eigenvalue weighted by atomic mass is 127. The lowest BCUT2D eigenvalue weighted by atomic mass is 10.2. The maximum Gasteiger partial charge on any atom is 0.319 e. The third-order valence-electron chi connectivity index (χ3n) is 4.01. The summed E-state index contributed by atoms with van der Waals surface area (Å²) in [6.07, 6.45) is 2.51. The van der Waals surface area contributed by atoms with Gasteiger partial charge in [-0.15, -0.1) is 24.0 Å².